The van der Waals surface area contributed by atoms with E-state index in [0.29, 0.717) is 11.6 Å². The first kappa shape index (κ1) is 13.5. The van der Waals surface area contributed by atoms with Gasteiger partial charge in [0.05, 0.1) is 11.6 Å². The van der Waals surface area contributed by atoms with E-state index < -0.39 is 5.60 Å². The molecule has 0 fully saturated rings. The van der Waals surface area contributed by atoms with Gasteiger partial charge in [-0.2, -0.15) is 0 Å². The smallest absolute Gasteiger partial charge is 0.0833 e. The summed E-state index contributed by atoms with van der Waals surface area (Å²) in [5, 5.41) is 0.693. The van der Waals surface area contributed by atoms with E-state index in [2.05, 4.69) is 5.43 Å². The van der Waals surface area contributed by atoms with Crippen molar-refractivity contribution in [1.82, 2.24) is 5.43 Å². The topological polar surface area (TPSA) is 47.3 Å². The lowest BCUT2D eigenvalue weighted by atomic mass is 9.92. The molecule has 1 unspecified atom stereocenters. The van der Waals surface area contributed by atoms with E-state index >= 15 is 0 Å². The average molecular weight is 243 g/mol. The second-order valence-corrected chi connectivity index (χ2v) is 4.56. The van der Waals surface area contributed by atoms with Gasteiger partial charge in [0.15, 0.2) is 0 Å². The molecule has 0 bridgehead atoms. The van der Waals surface area contributed by atoms with Crippen molar-refractivity contribution in [3.8, 4) is 0 Å². The zero-order valence-electron chi connectivity index (χ0n) is 9.96. The SMILES string of the molecule is CCOC(C)(C)C(NN)c1ccccc1Cl. The molecular weight excluding hydrogens is 224 g/mol. The Hall–Kier alpha value is -0.610. The van der Waals surface area contributed by atoms with Crippen LogP contribution in [-0.4, -0.2) is 12.2 Å². The summed E-state index contributed by atoms with van der Waals surface area (Å²) in [6.45, 7) is 6.58. The molecule has 0 spiro atoms. The zero-order valence-corrected chi connectivity index (χ0v) is 10.7. The molecule has 0 radical (unpaired) electrons. The molecule has 3 N–H and O–H groups in total. The van der Waals surface area contributed by atoms with E-state index in [-0.39, 0.29) is 6.04 Å². The number of hydrogen-bond donors (Lipinski definition) is 2. The van der Waals surface area contributed by atoms with Crippen molar-refractivity contribution in [3.05, 3.63) is 34.9 Å². The predicted octanol–water partition coefficient (Wildman–Crippen LogP) is 2.66. The van der Waals surface area contributed by atoms with Crippen LogP contribution in [0.15, 0.2) is 24.3 Å². The standard InChI is InChI=1S/C12H19ClN2O/c1-4-16-12(2,3)11(15-14)9-7-5-6-8-10(9)13/h5-8,11,15H,4,14H2,1-3H3. The predicted molar refractivity (Wildman–Crippen MR) is 67.2 cm³/mol. The van der Waals surface area contributed by atoms with E-state index in [1.165, 1.54) is 0 Å². The summed E-state index contributed by atoms with van der Waals surface area (Å²) in [7, 11) is 0. The molecule has 16 heavy (non-hydrogen) atoms. The summed E-state index contributed by atoms with van der Waals surface area (Å²) >= 11 is 6.15. The summed E-state index contributed by atoms with van der Waals surface area (Å²) < 4.78 is 5.69. The minimum absolute atomic E-state index is 0.138. The fourth-order valence-corrected chi connectivity index (χ4v) is 2.07. The van der Waals surface area contributed by atoms with E-state index in [4.69, 9.17) is 22.2 Å². The number of hydrogen-bond acceptors (Lipinski definition) is 3. The van der Waals surface area contributed by atoms with Gasteiger partial charge in [-0.05, 0) is 32.4 Å². The quantitative estimate of drug-likeness (QED) is 0.617. The molecule has 1 atom stereocenters. The number of rotatable bonds is 5. The lowest BCUT2D eigenvalue weighted by Crippen LogP contribution is -2.44. The van der Waals surface area contributed by atoms with Crippen molar-refractivity contribution in [2.75, 3.05) is 6.61 Å². The first-order valence-corrected chi connectivity index (χ1v) is 5.75. The number of halogens is 1. The molecule has 4 heteroatoms. The maximum atomic E-state index is 6.15. The molecule has 1 rings (SSSR count). The second kappa shape index (κ2) is 5.64. The van der Waals surface area contributed by atoms with Crippen LogP contribution in [0.5, 0.6) is 0 Å². The third-order valence-electron chi connectivity index (χ3n) is 2.59. The highest BCUT2D eigenvalue weighted by molar-refractivity contribution is 6.31. The molecule has 0 saturated carbocycles. The van der Waals surface area contributed by atoms with Gasteiger partial charge in [-0.1, -0.05) is 29.8 Å². The fraction of sp³-hybridized carbons (Fsp3) is 0.500. The molecular formula is C12H19ClN2O. The molecule has 0 aliphatic heterocycles. The van der Waals surface area contributed by atoms with Crippen LogP contribution in [0.4, 0.5) is 0 Å². The van der Waals surface area contributed by atoms with Gasteiger partial charge in [-0.15, -0.1) is 0 Å². The Bertz CT molecular complexity index is 342. The molecule has 1 aromatic carbocycles. The van der Waals surface area contributed by atoms with Gasteiger partial charge in [0.25, 0.3) is 0 Å². The minimum Gasteiger partial charge on any atom is -0.374 e. The van der Waals surface area contributed by atoms with Gasteiger partial charge in [0.2, 0.25) is 0 Å². The molecule has 0 saturated heterocycles. The van der Waals surface area contributed by atoms with Gasteiger partial charge >= 0.3 is 0 Å². The highest BCUT2D eigenvalue weighted by Crippen LogP contribution is 2.32. The first-order valence-electron chi connectivity index (χ1n) is 5.37. The lowest BCUT2D eigenvalue weighted by Gasteiger charge is -2.34. The van der Waals surface area contributed by atoms with Crippen molar-refractivity contribution in [3.63, 3.8) is 0 Å². The molecule has 0 amide bonds. The molecule has 0 heterocycles. The summed E-state index contributed by atoms with van der Waals surface area (Å²) in [6, 6.07) is 7.50. The molecule has 0 aromatic heterocycles. The Morgan fingerprint density at radius 3 is 2.56 bits per heavy atom. The van der Waals surface area contributed by atoms with Gasteiger partial charge < -0.3 is 4.74 Å². The Labute approximate surface area is 102 Å². The number of ether oxygens (including phenoxy) is 1. The molecule has 1 aromatic rings. The van der Waals surface area contributed by atoms with Crippen LogP contribution in [0.1, 0.15) is 32.4 Å². The van der Waals surface area contributed by atoms with Crippen molar-refractivity contribution >= 4 is 11.6 Å². The summed E-state index contributed by atoms with van der Waals surface area (Å²) in [5.74, 6) is 5.60. The molecule has 0 aliphatic carbocycles. The fourth-order valence-electron chi connectivity index (χ4n) is 1.83. The third kappa shape index (κ3) is 2.95. The zero-order chi connectivity index (χ0) is 12.2. The van der Waals surface area contributed by atoms with E-state index in [1.54, 1.807) is 0 Å². The monoisotopic (exact) mass is 242 g/mol. The van der Waals surface area contributed by atoms with Crippen LogP contribution >= 0.6 is 11.6 Å². The van der Waals surface area contributed by atoms with Crippen molar-refractivity contribution in [2.24, 2.45) is 5.84 Å². The van der Waals surface area contributed by atoms with Crippen LogP contribution in [0.25, 0.3) is 0 Å². The van der Waals surface area contributed by atoms with Crippen LogP contribution in [-0.2, 0) is 4.74 Å². The normalized spacial score (nSPS) is 13.8. The summed E-state index contributed by atoms with van der Waals surface area (Å²) in [4.78, 5) is 0. The second-order valence-electron chi connectivity index (χ2n) is 4.16. The van der Waals surface area contributed by atoms with Crippen LogP contribution in [0.3, 0.4) is 0 Å². The Balaban J connectivity index is 3.03. The van der Waals surface area contributed by atoms with Gasteiger partial charge in [-0.3, -0.25) is 11.3 Å². The molecule has 90 valence electrons. The summed E-state index contributed by atoms with van der Waals surface area (Å²) in [6.07, 6.45) is 0. The lowest BCUT2D eigenvalue weighted by molar-refractivity contribution is -0.0392. The molecule has 0 aliphatic rings. The highest BCUT2D eigenvalue weighted by atomic mass is 35.5. The first-order chi connectivity index (χ1) is 7.53. The number of nitrogens with one attached hydrogen (secondary N) is 1. The number of hydrazine groups is 1. The maximum absolute atomic E-state index is 6.15. The van der Waals surface area contributed by atoms with Gasteiger partial charge in [0, 0.05) is 11.6 Å². The number of nitrogens with two attached hydrogens (primary N) is 1. The van der Waals surface area contributed by atoms with Crippen molar-refractivity contribution in [1.29, 1.82) is 0 Å². The Kier molecular flexibility index (Phi) is 4.74. The Morgan fingerprint density at radius 2 is 2.06 bits per heavy atom. The van der Waals surface area contributed by atoms with Crippen LogP contribution in [0.2, 0.25) is 5.02 Å². The Morgan fingerprint density at radius 1 is 1.44 bits per heavy atom. The summed E-state index contributed by atoms with van der Waals surface area (Å²) in [5.41, 5.74) is 3.32. The maximum Gasteiger partial charge on any atom is 0.0833 e. The number of benzene rings is 1. The van der Waals surface area contributed by atoms with E-state index in [0.717, 1.165) is 5.56 Å². The third-order valence-corrected chi connectivity index (χ3v) is 2.94. The van der Waals surface area contributed by atoms with Crippen molar-refractivity contribution in [2.45, 2.75) is 32.4 Å². The van der Waals surface area contributed by atoms with Crippen LogP contribution in [0, 0.1) is 0 Å². The van der Waals surface area contributed by atoms with Crippen LogP contribution < -0.4 is 11.3 Å². The van der Waals surface area contributed by atoms with Gasteiger partial charge in [0.1, 0.15) is 0 Å². The van der Waals surface area contributed by atoms with Crippen molar-refractivity contribution < 1.29 is 4.74 Å². The highest BCUT2D eigenvalue weighted by Gasteiger charge is 2.31. The minimum atomic E-state index is -0.408. The molecule has 3 nitrogen and oxygen atoms in total. The average Bonchev–Trinajstić information content (AvgIpc) is 2.21. The largest absolute Gasteiger partial charge is 0.374 e. The van der Waals surface area contributed by atoms with Gasteiger partial charge in [-0.25, -0.2) is 0 Å². The van der Waals surface area contributed by atoms with E-state index in [1.807, 2.05) is 45.0 Å². The van der Waals surface area contributed by atoms with E-state index in [9.17, 15) is 0 Å².